The number of nitrogens with one attached hydrogen (secondary N) is 1. The van der Waals surface area contributed by atoms with Crippen molar-refractivity contribution in [2.75, 3.05) is 12.4 Å². The molecule has 1 aromatic heterocycles. The summed E-state index contributed by atoms with van der Waals surface area (Å²) in [6.07, 6.45) is -2.02. The first-order chi connectivity index (χ1) is 13.6. The molecule has 5 nitrogen and oxygen atoms in total. The van der Waals surface area contributed by atoms with E-state index in [4.69, 9.17) is 4.74 Å². The van der Waals surface area contributed by atoms with E-state index in [2.05, 4.69) is 15.0 Å². The fourth-order valence-corrected chi connectivity index (χ4v) is 3.23. The number of benzene rings is 1. The van der Waals surface area contributed by atoms with Crippen molar-refractivity contribution >= 4 is 33.7 Å². The number of rotatable bonds is 7. The van der Waals surface area contributed by atoms with Crippen LogP contribution in [0.15, 0.2) is 47.1 Å². The van der Waals surface area contributed by atoms with Gasteiger partial charge in [0.2, 0.25) is 0 Å². The molecule has 2 aromatic rings. The van der Waals surface area contributed by atoms with Gasteiger partial charge in [0.15, 0.2) is 0 Å². The zero-order chi connectivity index (χ0) is 21.6. The Balaban J connectivity index is 2.33. The third kappa shape index (κ3) is 6.63. The normalized spacial score (nSPS) is 12.7. The number of thiophene rings is 1. The minimum atomic E-state index is -4.74. The fraction of sp³-hybridized carbons (Fsp3) is 0.300. The van der Waals surface area contributed by atoms with Gasteiger partial charge in [-0.3, -0.25) is 4.99 Å². The lowest BCUT2D eigenvalue weighted by atomic mass is 10.2. The van der Waals surface area contributed by atoms with Crippen LogP contribution in [0.3, 0.4) is 0 Å². The standard InChI is InChI=1S/C20H21F3N2O3S/c1-5-12(2)11-24-18-16(10-17(29-18)19(26)27-4)13(3)25-14-6-8-15(9-7-14)28-20(21,22)23/h6-11,24H,5H2,1-4H3/b12-11+,25-13?. The summed E-state index contributed by atoms with van der Waals surface area (Å²) in [5.74, 6) is -0.776. The molecule has 0 aliphatic rings. The molecule has 2 rings (SSSR count). The van der Waals surface area contributed by atoms with E-state index in [9.17, 15) is 18.0 Å². The van der Waals surface area contributed by atoms with E-state index in [0.717, 1.165) is 17.0 Å². The molecule has 1 N–H and O–H groups in total. The second kappa shape index (κ2) is 9.60. The molecular weight excluding hydrogens is 405 g/mol. The number of carbonyl (C=O) groups excluding carboxylic acids is 1. The summed E-state index contributed by atoms with van der Waals surface area (Å²) in [6, 6.07) is 6.91. The summed E-state index contributed by atoms with van der Waals surface area (Å²) in [6.45, 7) is 5.76. The number of aliphatic imine (C=N–C) groups is 1. The number of halogens is 3. The Kier molecular flexibility index (Phi) is 7.44. The third-order valence-electron chi connectivity index (χ3n) is 3.88. The van der Waals surface area contributed by atoms with Gasteiger partial charge in [0, 0.05) is 17.5 Å². The second-order valence-corrected chi connectivity index (χ2v) is 7.12. The molecule has 156 valence electrons. The zero-order valence-corrected chi connectivity index (χ0v) is 17.2. The predicted octanol–water partition coefficient (Wildman–Crippen LogP) is 6.30. The molecule has 1 aromatic carbocycles. The van der Waals surface area contributed by atoms with Crippen LogP contribution in [0, 0.1) is 0 Å². The first kappa shape index (κ1) is 22.5. The summed E-state index contributed by atoms with van der Waals surface area (Å²) in [7, 11) is 1.31. The Morgan fingerprint density at radius 3 is 2.45 bits per heavy atom. The van der Waals surface area contributed by atoms with Gasteiger partial charge in [-0.15, -0.1) is 24.5 Å². The third-order valence-corrected chi connectivity index (χ3v) is 4.93. The van der Waals surface area contributed by atoms with Gasteiger partial charge < -0.3 is 14.8 Å². The molecule has 0 spiro atoms. The number of hydrogen-bond acceptors (Lipinski definition) is 6. The van der Waals surface area contributed by atoms with Crippen LogP contribution in [0.5, 0.6) is 5.75 Å². The van der Waals surface area contributed by atoms with Crippen LogP contribution in [0.1, 0.15) is 42.4 Å². The molecular formula is C20H21F3N2O3S. The Morgan fingerprint density at radius 2 is 1.90 bits per heavy atom. The van der Waals surface area contributed by atoms with E-state index in [1.54, 1.807) is 13.0 Å². The first-order valence-electron chi connectivity index (χ1n) is 8.68. The maximum absolute atomic E-state index is 12.3. The molecule has 0 radical (unpaired) electrons. The lowest BCUT2D eigenvalue weighted by Crippen LogP contribution is -2.16. The van der Waals surface area contributed by atoms with Crippen molar-refractivity contribution in [3.63, 3.8) is 0 Å². The Bertz CT molecular complexity index is 916. The SMILES string of the molecule is CC/C(C)=C/Nc1sc(C(=O)OC)cc1C(C)=Nc1ccc(OC(F)(F)F)cc1. The number of carbonyl (C=O) groups is 1. The molecule has 0 unspecified atom stereocenters. The van der Waals surface area contributed by atoms with Crippen molar-refractivity contribution in [3.8, 4) is 5.75 Å². The highest BCUT2D eigenvalue weighted by atomic mass is 32.1. The fourth-order valence-electron chi connectivity index (χ4n) is 2.24. The number of alkyl halides is 3. The molecule has 0 amide bonds. The monoisotopic (exact) mass is 426 g/mol. The van der Waals surface area contributed by atoms with Gasteiger partial charge in [0.25, 0.3) is 0 Å². The van der Waals surface area contributed by atoms with Gasteiger partial charge in [0.1, 0.15) is 15.6 Å². The van der Waals surface area contributed by atoms with Gasteiger partial charge in [-0.05, 0) is 50.6 Å². The highest BCUT2D eigenvalue weighted by Crippen LogP contribution is 2.31. The maximum Gasteiger partial charge on any atom is 0.573 e. The Morgan fingerprint density at radius 1 is 1.24 bits per heavy atom. The van der Waals surface area contributed by atoms with Gasteiger partial charge in [-0.25, -0.2) is 4.79 Å². The minimum Gasteiger partial charge on any atom is -0.465 e. The highest BCUT2D eigenvalue weighted by molar-refractivity contribution is 7.18. The van der Waals surface area contributed by atoms with Crippen molar-refractivity contribution < 1.29 is 27.4 Å². The van der Waals surface area contributed by atoms with E-state index >= 15 is 0 Å². The van der Waals surface area contributed by atoms with Crippen LogP contribution in [0.2, 0.25) is 0 Å². The summed E-state index contributed by atoms with van der Waals surface area (Å²) in [5.41, 5.74) is 2.87. The molecule has 0 aliphatic heterocycles. The molecule has 1 heterocycles. The van der Waals surface area contributed by atoms with E-state index in [1.165, 1.54) is 42.7 Å². The average Bonchev–Trinajstić information content (AvgIpc) is 3.10. The number of hydrogen-bond donors (Lipinski definition) is 1. The van der Waals surface area contributed by atoms with Gasteiger partial charge >= 0.3 is 12.3 Å². The van der Waals surface area contributed by atoms with Crippen molar-refractivity contribution in [1.82, 2.24) is 0 Å². The number of nitrogens with zero attached hydrogens (tertiary/aromatic N) is 1. The Hall–Kier alpha value is -2.81. The zero-order valence-electron chi connectivity index (χ0n) is 16.4. The van der Waals surface area contributed by atoms with Crippen LogP contribution >= 0.6 is 11.3 Å². The number of esters is 1. The van der Waals surface area contributed by atoms with E-state index in [1.807, 2.05) is 20.0 Å². The van der Waals surface area contributed by atoms with Crippen LogP contribution < -0.4 is 10.1 Å². The van der Waals surface area contributed by atoms with Crippen LogP contribution in [-0.2, 0) is 4.74 Å². The molecule has 9 heteroatoms. The van der Waals surface area contributed by atoms with Gasteiger partial charge in [-0.1, -0.05) is 12.5 Å². The molecule has 0 aliphatic carbocycles. The van der Waals surface area contributed by atoms with E-state index in [0.29, 0.717) is 21.8 Å². The maximum atomic E-state index is 12.3. The van der Waals surface area contributed by atoms with Crippen LogP contribution in [0.25, 0.3) is 0 Å². The van der Waals surface area contributed by atoms with Crippen molar-refractivity contribution in [2.24, 2.45) is 4.99 Å². The van der Waals surface area contributed by atoms with E-state index < -0.39 is 12.3 Å². The topological polar surface area (TPSA) is 59.9 Å². The molecule has 0 bridgehead atoms. The van der Waals surface area contributed by atoms with E-state index in [-0.39, 0.29) is 5.75 Å². The largest absolute Gasteiger partial charge is 0.573 e. The number of anilines is 1. The van der Waals surface area contributed by atoms with Crippen LogP contribution in [0.4, 0.5) is 23.9 Å². The molecule has 0 atom stereocenters. The smallest absolute Gasteiger partial charge is 0.465 e. The van der Waals surface area contributed by atoms with Crippen molar-refractivity contribution in [2.45, 2.75) is 33.6 Å². The first-order valence-corrected chi connectivity index (χ1v) is 9.50. The van der Waals surface area contributed by atoms with Gasteiger partial charge in [-0.2, -0.15) is 0 Å². The average molecular weight is 426 g/mol. The predicted molar refractivity (Wildman–Crippen MR) is 108 cm³/mol. The second-order valence-electron chi connectivity index (χ2n) is 6.07. The number of ether oxygens (including phenoxy) is 2. The molecule has 29 heavy (non-hydrogen) atoms. The minimum absolute atomic E-state index is 0.319. The summed E-state index contributed by atoms with van der Waals surface area (Å²) < 4.78 is 45.5. The molecule has 0 fully saturated rings. The Labute approximate surface area is 170 Å². The molecule has 0 saturated carbocycles. The van der Waals surface area contributed by atoms with Crippen molar-refractivity contribution in [1.29, 1.82) is 0 Å². The molecule has 0 saturated heterocycles. The highest BCUT2D eigenvalue weighted by Gasteiger charge is 2.30. The quantitative estimate of drug-likeness (QED) is 0.417. The lowest BCUT2D eigenvalue weighted by Gasteiger charge is -2.08. The summed E-state index contributed by atoms with van der Waals surface area (Å²) >= 11 is 1.24. The lowest BCUT2D eigenvalue weighted by molar-refractivity contribution is -0.274. The number of allylic oxidation sites excluding steroid dienone is 1. The number of methoxy groups -OCH3 is 1. The van der Waals surface area contributed by atoms with Crippen LogP contribution in [-0.4, -0.2) is 25.2 Å². The van der Waals surface area contributed by atoms with Crippen molar-refractivity contribution in [3.05, 3.63) is 52.5 Å². The summed E-state index contributed by atoms with van der Waals surface area (Å²) in [5, 5.41) is 3.91. The van der Waals surface area contributed by atoms with Gasteiger partial charge in [0.05, 0.1) is 12.8 Å². The summed E-state index contributed by atoms with van der Waals surface area (Å²) in [4.78, 5) is 16.8.